The topological polar surface area (TPSA) is 140 Å². The van der Waals surface area contributed by atoms with Gasteiger partial charge in [0.2, 0.25) is 11.8 Å². The van der Waals surface area contributed by atoms with Crippen molar-refractivity contribution in [2.75, 3.05) is 18.6 Å². The van der Waals surface area contributed by atoms with Crippen LogP contribution in [0.15, 0.2) is 54.6 Å². The minimum Gasteiger partial charge on any atom is -0.410 e. The number of hydrogen-bond acceptors (Lipinski definition) is 7. The lowest BCUT2D eigenvalue weighted by Gasteiger charge is -2.25. The van der Waals surface area contributed by atoms with Gasteiger partial charge in [-0.1, -0.05) is 44.2 Å². The van der Waals surface area contributed by atoms with E-state index in [9.17, 15) is 24.5 Å². The second kappa shape index (κ2) is 14.0. The Morgan fingerprint density at radius 3 is 2.23 bits per heavy atom. The Morgan fingerprint density at radius 2 is 1.66 bits per heavy atom. The SMILES string of the molecule is CSCCNC(=O)C(NC(=O)C(Cc1ccccc1)NC(=O)Oc1ccc([N+](=O)[O-])cc1)C(C)C. The fourth-order valence-corrected chi connectivity index (χ4v) is 3.45. The molecule has 2 aromatic carbocycles. The Hall–Kier alpha value is -3.60. The molecular formula is C24H30N4O6S. The zero-order valence-electron chi connectivity index (χ0n) is 19.9. The van der Waals surface area contributed by atoms with Crippen LogP contribution in [0, 0.1) is 16.0 Å². The molecule has 188 valence electrons. The smallest absolute Gasteiger partial charge is 0.410 e. The largest absolute Gasteiger partial charge is 0.413 e. The van der Waals surface area contributed by atoms with E-state index in [0.717, 1.165) is 11.3 Å². The van der Waals surface area contributed by atoms with Crippen LogP contribution in [0.3, 0.4) is 0 Å². The maximum Gasteiger partial charge on any atom is 0.413 e. The highest BCUT2D eigenvalue weighted by atomic mass is 32.2. The molecule has 3 N–H and O–H groups in total. The molecule has 11 heteroatoms. The normalized spacial score (nSPS) is 12.3. The Morgan fingerprint density at radius 1 is 1.00 bits per heavy atom. The first-order valence-corrected chi connectivity index (χ1v) is 12.4. The molecule has 0 aliphatic rings. The summed E-state index contributed by atoms with van der Waals surface area (Å²) in [7, 11) is 0. The third-order valence-electron chi connectivity index (χ3n) is 5.00. The summed E-state index contributed by atoms with van der Waals surface area (Å²) >= 11 is 1.60. The van der Waals surface area contributed by atoms with Crippen LogP contribution in [-0.2, 0) is 16.0 Å². The first kappa shape index (κ1) is 27.6. The van der Waals surface area contributed by atoms with Gasteiger partial charge in [0.25, 0.3) is 5.69 Å². The van der Waals surface area contributed by atoms with Gasteiger partial charge in [-0.2, -0.15) is 11.8 Å². The quantitative estimate of drug-likeness (QED) is 0.230. The minimum atomic E-state index is -1.02. The van der Waals surface area contributed by atoms with Crippen LogP contribution in [0.4, 0.5) is 10.5 Å². The zero-order valence-corrected chi connectivity index (χ0v) is 20.7. The lowest BCUT2D eigenvalue weighted by Crippen LogP contribution is -2.56. The van der Waals surface area contributed by atoms with E-state index in [1.807, 2.05) is 50.4 Å². The van der Waals surface area contributed by atoms with Crippen molar-refractivity contribution in [2.24, 2.45) is 5.92 Å². The highest BCUT2D eigenvalue weighted by molar-refractivity contribution is 7.98. The number of nitrogens with zero attached hydrogens (tertiary/aromatic N) is 1. The van der Waals surface area contributed by atoms with E-state index in [2.05, 4.69) is 16.0 Å². The van der Waals surface area contributed by atoms with Gasteiger partial charge in [-0.3, -0.25) is 19.7 Å². The molecule has 0 bridgehead atoms. The van der Waals surface area contributed by atoms with E-state index in [0.29, 0.717) is 6.54 Å². The molecule has 0 saturated carbocycles. The molecule has 2 aromatic rings. The molecule has 0 fully saturated rings. The summed E-state index contributed by atoms with van der Waals surface area (Å²) in [6.45, 7) is 4.12. The van der Waals surface area contributed by atoms with Crippen molar-refractivity contribution >= 4 is 35.4 Å². The Balaban J connectivity index is 2.13. The molecule has 2 unspecified atom stereocenters. The summed E-state index contributed by atoms with van der Waals surface area (Å²) in [4.78, 5) is 48.6. The van der Waals surface area contributed by atoms with Crippen molar-refractivity contribution in [2.45, 2.75) is 32.4 Å². The van der Waals surface area contributed by atoms with E-state index >= 15 is 0 Å². The molecule has 0 spiro atoms. The highest BCUT2D eigenvalue weighted by Gasteiger charge is 2.29. The van der Waals surface area contributed by atoms with Crippen molar-refractivity contribution < 1.29 is 24.0 Å². The molecule has 0 radical (unpaired) electrons. The molecule has 0 saturated heterocycles. The van der Waals surface area contributed by atoms with E-state index in [4.69, 9.17) is 4.74 Å². The molecule has 35 heavy (non-hydrogen) atoms. The van der Waals surface area contributed by atoms with Gasteiger partial charge in [0.1, 0.15) is 17.8 Å². The van der Waals surface area contributed by atoms with E-state index in [1.165, 1.54) is 24.3 Å². The van der Waals surface area contributed by atoms with E-state index in [1.54, 1.807) is 11.8 Å². The predicted molar refractivity (Wildman–Crippen MR) is 134 cm³/mol. The van der Waals surface area contributed by atoms with Gasteiger partial charge >= 0.3 is 6.09 Å². The number of ether oxygens (including phenoxy) is 1. The van der Waals surface area contributed by atoms with Crippen LogP contribution in [0.25, 0.3) is 0 Å². The maximum absolute atomic E-state index is 13.2. The Kier molecular flexibility index (Phi) is 11.0. The molecule has 2 rings (SSSR count). The molecule has 3 amide bonds. The molecule has 2 atom stereocenters. The van der Waals surface area contributed by atoms with Crippen molar-refractivity contribution in [3.8, 4) is 5.75 Å². The van der Waals surface area contributed by atoms with Gasteiger partial charge in [-0.25, -0.2) is 4.79 Å². The van der Waals surface area contributed by atoms with Gasteiger partial charge in [-0.15, -0.1) is 0 Å². The van der Waals surface area contributed by atoms with Gasteiger partial charge in [0, 0.05) is 30.9 Å². The third kappa shape index (κ3) is 9.28. The fourth-order valence-electron chi connectivity index (χ4n) is 3.15. The number of benzene rings is 2. The lowest BCUT2D eigenvalue weighted by molar-refractivity contribution is -0.384. The summed E-state index contributed by atoms with van der Waals surface area (Å²) in [5.74, 6) is -0.183. The second-order valence-corrected chi connectivity index (χ2v) is 9.03. The number of hydrogen-bond donors (Lipinski definition) is 3. The molecule has 10 nitrogen and oxygen atoms in total. The van der Waals surface area contributed by atoms with Crippen molar-refractivity contribution in [3.63, 3.8) is 0 Å². The number of non-ortho nitro benzene ring substituents is 1. The van der Waals surface area contributed by atoms with Crippen LogP contribution in [0.2, 0.25) is 0 Å². The third-order valence-corrected chi connectivity index (χ3v) is 5.61. The molecule has 0 aliphatic carbocycles. The van der Waals surface area contributed by atoms with Gasteiger partial charge in [0.15, 0.2) is 0 Å². The Labute approximate surface area is 208 Å². The van der Waals surface area contributed by atoms with Crippen LogP contribution >= 0.6 is 11.8 Å². The number of nitro benzene ring substituents is 1. The van der Waals surface area contributed by atoms with Crippen molar-refractivity contribution in [1.29, 1.82) is 0 Å². The monoisotopic (exact) mass is 502 g/mol. The first-order chi connectivity index (χ1) is 16.7. The first-order valence-electron chi connectivity index (χ1n) is 11.0. The summed E-state index contributed by atoms with van der Waals surface area (Å²) < 4.78 is 5.20. The number of carbonyl (C=O) groups is 3. The van der Waals surface area contributed by atoms with Crippen molar-refractivity contribution in [3.05, 3.63) is 70.3 Å². The molecule has 0 heterocycles. The number of nitrogens with one attached hydrogen (secondary N) is 3. The number of nitro groups is 1. The average Bonchev–Trinajstić information content (AvgIpc) is 2.82. The summed E-state index contributed by atoms with van der Waals surface area (Å²) in [5.41, 5.74) is 0.656. The second-order valence-electron chi connectivity index (χ2n) is 8.04. The standard InChI is InChI=1S/C24H30N4O6S/c1-16(2)21(23(30)25-13-14-35-3)27-22(29)20(15-17-7-5-4-6-8-17)26-24(31)34-19-11-9-18(10-12-19)28(32)33/h4-12,16,20-21H,13-15H2,1-3H3,(H,25,30)(H,26,31)(H,27,29). The molecular weight excluding hydrogens is 472 g/mol. The van der Waals surface area contributed by atoms with Gasteiger partial charge < -0.3 is 20.7 Å². The van der Waals surface area contributed by atoms with E-state index in [-0.39, 0.29) is 29.7 Å². The van der Waals surface area contributed by atoms with Crippen LogP contribution < -0.4 is 20.7 Å². The number of rotatable bonds is 12. The summed E-state index contributed by atoms with van der Waals surface area (Å²) in [6, 6.07) is 12.3. The zero-order chi connectivity index (χ0) is 25.8. The van der Waals surface area contributed by atoms with E-state index < -0.39 is 29.0 Å². The van der Waals surface area contributed by atoms with Gasteiger partial charge in [-0.05, 0) is 29.9 Å². The molecule has 0 aromatic heterocycles. The van der Waals surface area contributed by atoms with Crippen LogP contribution in [0.5, 0.6) is 5.75 Å². The maximum atomic E-state index is 13.2. The number of thioether (sulfide) groups is 1. The predicted octanol–water partition coefficient (Wildman–Crippen LogP) is 2.91. The Bertz CT molecular complexity index is 1000. The summed E-state index contributed by atoms with van der Waals surface area (Å²) in [6.07, 6.45) is 1.20. The number of carbonyl (C=O) groups excluding carboxylic acids is 3. The van der Waals surface area contributed by atoms with Crippen LogP contribution in [0.1, 0.15) is 19.4 Å². The minimum absolute atomic E-state index is 0.0835. The highest BCUT2D eigenvalue weighted by Crippen LogP contribution is 2.17. The lowest BCUT2D eigenvalue weighted by atomic mass is 10.0. The summed E-state index contributed by atoms with van der Waals surface area (Å²) in [5, 5.41) is 18.9. The van der Waals surface area contributed by atoms with Gasteiger partial charge in [0.05, 0.1) is 4.92 Å². The molecule has 0 aliphatic heterocycles. The fraction of sp³-hybridized carbons (Fsp3) is 0.375. The van der Waals surface area contributed by atoms with Crippen LogP contribution in [-0.4, -0.2) is 53.5 Å². The number of amides is 3. The van der Waals surface area contributed by atoms with Crippen molar-refractivity contribution in [1.82, 2.24) is 16.0 Å². The average molecular weight is 503 g/mol.